The van der Waals surface area contributed by atoms with Crippen molar-refractivity contribution in [1.29, 1.82) is 0 Å². The summed E-state index contributed by atoms with van der Waals surface area (Å²) in [4.78, 5) is 15.5. The second-order valence-corrected chi connectivity index (χ2v) is 7.82. The van der Waals surface area contributed by atoms with Gasteiger partial charge in [0.15, 0.2) is 0 Å². The van der Waals surface area contributed by atoms with Crippen LogP contribution in [0.3, 0.4) is 0 Å². The number of carbonyl (C=O) groups is 1. The summed E-state index contributed by atoms with van der Waals surface area (Å²) in [5.74, 6) is 1.36. The van der Waals surface area contributed by atoms with Gasteiger partial charge in [-0.2, -0.15) is 5.10 Å². The van der Waals surface area contributed by atoms with Gasteiger partial charge in [-0.05, 0) is 67.6 Å². The number of nitrogens with one attached hydrogen (secondary N) is 1. The second kappa shape index (κ2) is 11.0. The van der Waals surface area contributed by atoms with Crippen molar-refractivity contribution in [1.82, 2.24) is 20.0 Å². The molecule has 0 atom stereocenters. The summed E-state index contributed by atoms with van der Waals surface area (Å²) in [5, 5.41) is 7.79. The predicted molar refractivity (Wildman–Crippen MR) is 126 cm³/mol. The summed E-state index contributed by atoms with van der Waals surface area (Å²) in [6.45, 7) is 5.00. The number of ether oxygens (including phenoxy) is 3. The van der Waals surface area contributed by atoms with Crippen molar-refractivity contribution in [2.75, 3.05) is 53.6 Å². The Balaban J connectivity index is 1.51. The van der Waals surface area contributed by atoms with Gasteiger partial charge in [-0.1, -0.05) is 0 Å². The SMILES string of the molecule is COc1ccc(-c2cc(C(=O)NCCCN3CCOCC3)n(-c3ccc(OC)cc3)n2)cc1. The molecule has 1 fully saturated rings. The smallest absolute Gasteiger partial charge is 0.270 e. The molecule has 1 saturated heterocycles. The van der Waals surface area contributed by atoms with Crippen LogP contribution in [0.5, 0.6) is 11.5 Å². The van der Waals surface area contributed by atoms with Gasteiger partial charge in [-0.25, -0.2) is 4.68 Å². The minimum Gasteiger partial charge on any atom is -0.497 e. The van der Waals surface area contributed by atoms with Crippen LogP contribution in [-0.4, -0.2) is 74.2 Å². The first-order valence-electron chi connectivity index (χ1n) is 11.1. The van der Waals surface area contributed by atoms with Crippen molar-refractivity contribution >= 4 is 5.91 Å². The summed E-state index contributed by atoms with van der Waals surface area (Å²) in [5.41, 5.74) is 2.89. The van der Waals surface area contributed by atoms with Crippen LogP contribution in [0, 0.1) is 0 Å². The minimum atomic E-state index is -0.153. The quantitative estimate of drug-likeness (QED) is 0.505. The van der Waals surface area contributed by atoms with Crippen LogP contribution in [-0.2, 0) is 4.74 Å². The van der Waals surface area contributed by atoms with Crippen LogP contribution >= 0.6 is 0 Å². The Labute approximate surface area is 194 Å². The van der Waals surface area contributed by atoms with E-state index in [0.717, 1.165) is 62.0 Å². The van der Waals surface area contributed by atoms with E-state index in [9.17, 15) is 4.79 Å². The lowest BCUT2D eigenvalue weighted by Gasteiger charge is -2.26. The number of morpholine rings is 1. The van der Waals surface area contributed by atoms with E-state index in [1.807, 2.05) is 54.6 Å². The van der Waals surface area contributed by atoms with Crippen molar-refractivity contribution in [2.45, 2.75) is 6.42 Å². The van der Waals surface area contributed by atoms with Crippen LogP contribution in [0.15, 0.2) is 54.6 Å². The molecule has 8 heteroatoms. The van der Waals surface area contributed by atoms with Gasteiger partial charge in [0.25, 0.3) is 5.91 Å². The van der Waals surface area contributed by atoms with Gasteiger partial charge in [-0.15, -0.1) is 0 Å². The third-order valence-electron chi connectivity index (χ3n) is 5.69. The molecule has 0 bridgehead atoms. The Morgan fingerprint density at radius 3 is 2.27 bits per heavy atom. The molecule has 1 N–H and O–H groups in total. The molecule has 1 aliphatic heterocycles. The van der Waals surface area contributed by atoms with Crippen molar-refractivity contribution in [3.63, 3.8) is 0 Å². The molecule has 33 heavy (non-hydrogen) atoms. The molecule has 174 valence electrons. The third kappa shape index (κ3) is 5.71. The van der Waals surface area contributed by atoms with E-state index < -0.39 is 0 Å². The lowest BCUT2D eigenvalue weighted by Crippen LogP contribution is -2.38. The molecule has 3 aromatic rings. The standard InChI is InChI=1S/C25H30N4O4/c1-31-21-8-4-19(5-9-21)23-18-24(29(27-23)20-6-10-22(32-2)11-7-20)25(30)26-12-3-13-28-14-16-33-17-15-28/h4-11,18H,3,12-17H2,1-2H3,(H,26,30). The van der Waals surface area contributed by atoms with E-state index in [2.05, 4.69) is 10.2 Å². The molecule has 1 amide bonds. The molecule has 0 aliphatic carbocycles. The monoisotopic (exact) mass is 450 g/mol. The first kappa shape index (κ1) is 22.8. The van der Waals surface area contributed by atoms with Gasteiger partial charge in [0.05, 0.1) is 38.8 Å². The number of amides is 1. The summed E-state index contributed by atoms with van der Waals surface area (Å²) < 4.78 is 17.6. The number of benzene rings is 2. The molecule has 1 aromatic heterocycles. The maximum absolute atomic E-state index is 13.1. The molecular weight excluding hydrogens is 420 g/mol. The molecule has 0 unspecified atom stereocenters. The first-order valence-corrected chi connectivity index (χ1v) is 11.1. The van der Waals surface area contributed by atoms with E-state index >= 15 is 0 Å². The van der Waals surface area contributed by atoms with Crippen LogP contribution in [0.4, 0.5) is 0 Å². The number of aromatic nitrogens is 2. The second-order valence-electron chi connectivity index (χ2n) is 7.82. The molecule has 4 rings (SSSR count). The van der Waals surface area contributed by atoms with Gasteiger partial charge in [0, 0.05) is 25.2 Å². The minimum absolute atomic E-state index is 0.153. The topological polar surface area (TPSA) is 77.8 Å². The molecule has 1 aliphatic rings. The van der Waals surface area contributed by atoms with Crippen LogP contribution < -0.4 is 14.8 Å². The van der Waals surface area contributed by atoms with Gasteiger partial charge in [0.2, 0.25) is 0 Å². The number of hydrogen-bond acceptors (Lipinski definition) is 6. The lowest BCUT2D eigenvalue weighted by atomic mass is 10.1. The van der Waals surface area contributed by atoms with Crippen LogP contribution in [0.25, 0.3) is 16.9 Å². The van der Waals surface area contributed by atoms with Crippen LogP contribution in [0.1, 0.15) is 16.9 Å². The van der Waals surface area contributed by atoms with Gasteiger partial charge < -0.3 is 19.5 Å². The summed E-state index contributed by atoms with van der Waals surface area (Å²) in [7, 11) is 3.26. The molecular formula is C25H30N4O4. The first-order chi connectivity index (χ1) is 16.2. The van der Waals surface area contributed by atoms with E-state index in [1.165, 1.54) is 0 Å². The highest BCUT2D eigenvalue weighted by Gasteiger charge is 2.18. The summed E-state index contributed by atoms with van der Waals surface area (Å²) >= 11 is 0. The summed E-state index contributed by atoms with van der Waals surface area (Å²) in [6.07, 6.45) is 0.883. The Hall–Kier alpha value is -3.36. The fourth-order valence-corrected chi connectivity index (χ4v) is 3.79. The number of nitrogens with zero attached hydrogens (tertiary/aromatic N) is 3. The number of rotatable bonds is 9. The zero-order valence-electron chi connectivity index (χ0n) is 19.1. The zero-order chi connectivity index (χ0) is 23.0. The predicted octanol–water partition coefficient (Wildman–Crippen LogP) is 3.01. The van der Waals surface area contributed by atoms with Gasteiger partial charge >= 0.3 is 0 Å². The van der Waals surface area contributed by atoms with Crippen molar-refractivity contribution in [2.24, 2.45) is 0 Å². The molecule has 0 saturated carbocycles. The average Bonchev–Trinajstić information content (AvgIpc) is 3.33. The highest BCUT2D eigenvalue weighted by molar-refractivity contribution is 5.94. The normalized spacial score (nSPS) is 14.1. The number of carbonyl (C=O) groups excluding carboxylic acids is 1. The fourth-order valence-electron chi connectivity index (χ4n) is 3.79. The largest absolute Gasteiger partial charge is 0.497 e. The highest BCUT2D eigenvalue weighted by Crippen LogP contribution is 2.25. The zero-order valence-corrected chi connectivity index (χ0v) is 19.1. The molecule has 0 radical (unpaired) electrons. The number of hydrogen-bond donors (Lipinski definition) is 1. The number of methoxy groups -OCH3 is 2. The van der Waals surface area contributed by atoms with Crippen molar-refractivity contribution in [3.05, 3.63) is 60.3 Å². The summed E-state index contributed by atoms with van der Waals surface area (Å²) in [6, 6.07) is 16.9. The van der Waals surface area contributed by atoms with E-state index in [4.69, 9.17) is 19.3 Å². The Morgan fingerprint density at radius 2 is 1.64 bits per heavy atom. The van der Waals surface area contributed by atoms with E-state index in [0.29, 0.717) is 17.9 Å². The molecule has 8 nitrogen and oxygen atoms in total. The third-order valence-corrected chi connectivity index (χ3v) is 5.69. The Kier molecular flexibility index (Phi) is 7.59. The Bertz CT molecular complexity index is 1040. The fraction of sp³-hybridized carbons (Fsp3) is 0.360. The highest BCUT2D eigenvalue weighted by atomic mass is 16.5. The van der Waals surface area contributed by atoms with Gasteiger partial charge in [0.1, 0.15) is 17.2 Å². The maximum atomic E-state index is 13.1. The maximum Gasteiger partial charge on any atom is 0.270 e. The molecule has 2 aromatic carbocycles. The van der Waals surface area contributed by atoms with E-state index in [1.54, 1.807) is 18.9 Å². The van der Waals surface area contributed by atoms with Crippen molar-refractivity contribution < 1.29 is 19.0 Å². The lowest BCUT2D eigenvalue weighted by molar-refractivity contribution is 0.0374. The Morgan fingerprint density at radius 1 is 1.00 bits per heavy atom. The molecule has 0 spiro atoms. The average molecular weight is 451 g/mol. The van der Waals surface area contributed by atoms with Gasteiger partial charge in [-0.3, -0.25) is 9.69 Å². The molecule has 2 heterocycles. The van der Waals surface area contributed by atoms with E-state index in [-0.39, 0.29) is 5.91 Å². The van der Waals surface area contributed by atoms with Crippen molar-refractivity contribution in [3.8, 4) is 28.4 Å². The van der Waals surface area contributed by atoms with Crippen LogP contribution in [0.2, 0.25) is 0 Å².